The van der Waals surface area contributed by atoms with Gasteiger partial charge in [-0.25, -0.2) is 0 Å². The molecule has 1 heterocycles. The van der Waals surface area contributed by atoms with Crippen molar-refractivity contribution in [2.75, 3.05) is 16.4 Å². The highest BCUT2D eigenvalue weighted by molar-refractivity contribution is 9.10. The molecule has 4 nitrogen and oxygen atoms in total. The average Bonchev–Trinajstić information content (AvgIpc) is 2.42. The Kier molecular flexibility index (Phi) is 3.78. The van der Waals surface area contributed by atoms with Crippen LogP contribution in [0.15, 0.2) is 34.8 Å². The second-order valence-corrected chi connectivity index (χ2v) is 6.22. The molecule has 1 aliphatic heterocycles. The van der Waals surface area contributed by atoms with Crippen molar-refractivity contribution < 1.29 is 4.79 Å². The summed E-state index contributed by atoms with van der Waals surface area (Å²) in [6.07, 6.45) is 1.21. The number of nitrogens with one attached hydrogen (secondary N) is 2. The number of halogens is 2. The van der Waals surface area contributed by atoms with Gasteiger partial charge in [-0.05, 0) is 42.3 Å². The van der Waals surface area contributed by atoms with Crippen molar-refractivity contribution in [3.05, 3.63) is 45.4 Å². The number of hydrogen-bond acceptors (Lipinski definition) is 3. The molecule has 0 radical (unpaired) electrons. The maximum atomic E-state index is 11.4. The van der Waals surface area contributed by atoms with Gasteiger partial charge in [0, 0.05) is 16.6 Å². The van der Waals surface area contributed by atoms with E-state index in [1.54, 1.807) is 6.07 Å². The second-order valence-electron chi connectivity index (χ2n) is 4.89. The highest BCUT2D eigenvalue weighted by Gasteiger charge is 2.17. The van der Waals surface area contributed by atoms with Crippen LogP contribution in [0.2, 0.25) is 5.02 Å². The molecule has 0 unspecified atom stereocenters. The van der Waals surface area contributed by atoms with Crippen LogP contribution in [-0.4, -0.2) is 5.91 Å². The lowest BCUT2D eigenvalue weighted by atomic mass is 10.0. The lowest BCUT2D eigenvalue weighted by Crippen LogP contribution is -2.19. The van der Waals surface area contributed by atoms with E-state index in [4.69, 9.17) is 17.3 Å². The van der Waals surface area contributed by atoms with Crippen LogP contribution in [0, 0.1) is 0 Å². The zero-order chi connectivity index (χ0) is 15.0. The van der Waals surface area contributed by atoms with Crippen LogP contribution < -0.4 is 16.4 Å². The number of fused-ring (bicyclic) bond motifs is 1. The molecule has 6 heteroatoms. The number of nitrogen functional groups attached to an aromatic ring is 1. The summed E-state index contributed by atoms with van der Waals surface area (Å²) >= 11 is 9.58. The maximum Gasteiger partial charge on any atom is 0.224 e. The molecule has 4 N–H and O–H groups in total. The third-order valence-electron chi connectivity index (χ3n) is 3.37. The largest absolute Gasteiger partial charge is 0.397 e. The summed E-state index contributed by atoms with van der Waals surface area (Å²) in [6.45, 7) is 0. The molecule has 0 spiro atoms. The summed E-state index contributed by atoms with van der Waals surface area (Å²) in [5, 5.41) is 6.68. The van der Waals surface area contributed by atoms with Crippen LogP contribution in [-0.2, 0) is 11.2 Å². The summed E-state index contributed by atoms with van der Waals surface area (Å²) in [6, 6.07) is 9.35. The summed E-state index contributed by atoms with van der Waals surface area (Å²) in [5.74, 6) is 0.0264. The van der Waals surface area contributed by atoms with Gasteiger partial charge in [-0.1, -0.05) is 27.5 Å². The Balaban J connectivity index is 1.94. The van der Waals surface area contributed by atoms with E-state index in [9.17, 15) is 4.79 Å². The predicted octanol–water partition coefficient (Wildman–Crippen LogP) is 4.31. The Bertz CT molecular complexity index is 733. The summed E-state index contributed by atoms with van der Waals surface area (Å²) in [7, 11) is 0. The van der Waals surface area contributed by atoms with E-state index < -0.39 is 0 Å². The van der Waals surface area contributed by atoms with E-state index in [1.807, 2.05) is 24.3 Å². The van der Waals surface area contributed by atoms with Gasteiger partial charge in [-0.2, -0.15) is 0 Å². The van der Waals surface area contributed by atoms with E-state index in [2.05, 4.69) is 26.6 Å². The number of nitrogens with two attached hydrogens (primary N) is 1. The molecule has 0 saturated heterocycles. The van der Waals surface area contributed by atoms with Gasteiger partial charge in [0.15, 0.2) is 0 Å². The first-order valence-electron chi connectivity index (χ1n) is 6.47. The molecule has 0 atom stereocenters. The monoisotopic (exact) mass is 365 g/mol. The van der Waals surface area contributed by atoms with Crippen LogP contribution in [0.3, 0.4) is 0 Å². The van der Waals surface area contributed by atoms with Crippen molar-refractivity contribution in [2.24, 2.45) is 0 Å². The number of amides is 1. The average molecular weight is 367 g/mol. The van der Waals surface area contributed by atoms with Crippen molar-refractivity contribution in [2.45, 2.75) is 12.8 Å². The van der Waals surface area contributed by atoms with Crippen LogP contribution in [0.5, 0.6) is 0 Å². The molecule has 1 amide bonds. The van der Waals surface area contributed by atoms with Gasteiger partial charge in [-0.3, -0.25) is 4.79 Å². The molecule has 21 heavy (non-hydrogen) atoms. The van der Waals surface area contributed by atoms with Gasteiger partial charge in [0.05, 0.1) is 22.1 Å². The minimum absolute atomic E-state index is 0.0264. The third-order valence-corrected chi connectivity index (χ3v) is 4.18. The number of carbonyl (C=O) groups excluding carboxylic acids is 1. The van der Waals surface area contributed by atoms with Crippen LogP contribution >= 0.6 is 27.5 Å². The Hall–Kier alpha value is -1.72. The van der Waals surface area contributed by atoms with Gasteiger partial charge < -0.3 is 16.4 Å². The van der Waals surface area contributed by atoms with E-state index >= 15 is 0 Å². The number of anilines is 4. The van der Waals surface area contributed by atoms with Gasteiger partial charge in [0.1, 0.15) is 0 Å². The van der Waals surface area contributed by atoms with Crippen molar-refractivity contribution in [1.82, 2.24) is 0 Å². The lowest BCUT2D eigenvalue weighted by molar-refractivity contribution is -0.116. The fraction of sp³-hybridized carbons (Fsp3) is 0.133. The van der Waals surface area contributed by atoms with Gasteiger partial charge in [0.2, 0.25) is 5.91 Å². The molecular formula is C15H13BrClN3O. The molecule has 0 saturated carbocycles. The molecule has 0 bridgehead atoms. The van der Waals surface area contributed by atoms with Crippen molar-refractivity contribution in [3.63, 3.8) is 0 Å². The van der Waals surface area contributed by atoms with E-state index in [-0.39, 0.29) is 5.91 Å². The standard InChI is InChI=1S/C15H13BrClN3O/c16-9-2-3-12(10(17)6-9)19-14-5-8-1-4-15(21)20-13(8)7-11(14)18/h2-3,5-7,19H,1,4,18H2,(H,20,21). The van der Waals surface area contributed by atoms with Crippen molar-refractivity contribution in [3.8, 4) is 0 Å². The summed E-state index contributed by atoms with van der Waals surface area (Å²) < 4.78 is 0.916. The fourth-order valence-electron chi connectivity index (χ4n) is 2.29. The Morgan fingerprint density at radius 3 is 2.76 bits per heavy atom. The first-order valence-corrected chi connectivity index (χ1v) is 7.64. The number of aryl methyl sites for hydroxylation is 1. The SMILES string of the molecule is Nc1cc2c(cc1Nc1ccc(Br)cc1Cl)CCC(=O)N2. The van der Waals surface area contributed by atoms with Crippen LogP contribution in [0.4, 0.5) is 22.7 Å². The molecule has 3 rings (SSSR count). The Labute approximate surface area is 135 Å². The maximum absolute atomic E-state index is 11.4. The van der Waals surface area contributed by atoms with E-state index in [1.165, 1.54) is 0 Å². The van der Waals surface area contributed by atoms with Gasteiger partial charge in [-0.15, -0.1) is 0 Å². The fourth-order valence-corrected chi connectivity index (χ4v) is 3.01. The van der Waals surface area contributed by atoms with Crippen molar-refractivity contribution >= 4 is 56.2 Å². The Morgan fingerprint density at radius 1 is 1.19 bits per heavy atom. The number of hydrogen-bond donors (Lipinski definition) is 3. The number of benzene rings is 2. The van der Waals surface area contributed by atoms with Crippen LogP contribution in [0.1, 0.15) is 12.0 Å². The Morgan fingerprint density at radius 2 is 2.00 bits per heavy atom. The first-order chi connectivity index (χ1) is 10.0. The van der Waals surface area contributed by atoms with Gasteiger partial charge >= 0.3 is 0 Å². The molecule has 2 aromatic rings. The molecule has 0 aromatic heterocycles. The minimum atomic E-state index is 0.0264. The molecule has 0 aliphatic carbocycles. The molecule has 2 aromatic carbocycles. The molecular weight excluding hydrogens is 354 g/mol. The molecule has 0 fully saturated rings. The number of carbonyl (C=O) groups is 1. The summed E-state index contributed by atoms with van der Waals surface area (Å²) in [4.78, 5) is 11.4. The topological polar surface area (TPSA) is 67.1 Å². The van der Waals surface area contributed by atoms with E-state index in [0.29, 0.717) is 23.6 Å². The molecule has 108 valence electrons. The lowest BCUT2D eigenvalue weighted by Gasteiger charge is -2.20. The molecule has 1 aliphatic rings. The van der Waals surface area contributed by atoms with E-state index in [0.717, 1.165) is 27.1 Å². The summed E-state index contributed by atoms with van der Waals surface area (Å²) in [5.41, 5.74) is 10.0. The second kappa shape index (κ2) is 5.58. The van der Waals surface area contributed by atoms with Crippen LogP contribution in [0.25, 0.3) is 0 Å². The third kappa shape index (κ3) is 2.99. The first kappa shape index (κ1) is 14.2. The quantitative estimate of drug-likeness (QED) is 0.694. The number of rotatable bonds is 2. The van der Waals surface area contributed by atoms with Gasteiger partial charge in [0.25, 0.3) is 0 Å². The predicted molar refractivity (Wildman–Crippen MR) is 90.2 cm³/mol. The highest BCUT2D eigenvalue weighted by atomic mass is 79.9. The van der Waals surface area contributed by atoms with Crippen molar-refractivity contribution in [1.29, 1.82) is 0 Å². The normalized spacial score (nSPS) is 13.5. The highest BCUT2D eigenvalue weighted by Crippen LogP contribution is 2.35. The zero-order valence-electron chi connectivity index (χ0n) is 11.0. The zero-order valence-corrected chi connectivity index (χ0v) is 13.4. The smallest absolute Gasteiger partial charge is 0.224 e. The minimum Gasteiger partial charge on any atom is -0.397 e.